The third kappa shape index (κ3) is 3.91. The molecule has 1 N–H and O–H groups in total. The molecule has 1 fully saturated rings. The van der Waals surface area contributed by atoms with Gasteiger partial charge in [-0.1, -0.05) is 6.07 Å². The number of amides is 2. The lowest BCUT2D eigenvalue weighted by molar-refractivity contribution is -0.274. The molecule has 1 saturated heterocycles. The number of alkyl halides is 3. The monoisotopic (exact) mass is 459 g/mol. The molecule has 1 aromatic heterocycles. The largest absolute Gasteiger partial charge is 0.573 e. The molecule has 0 radical (unpaired) electrons. The van der Waals surface area contributed by atoms with Gasteiger partial charge in [0.25, 0.3) is 5.91 Å². The third-order valence-corrected chi connectivity index (χ3v) is 6.08. The Balaban J connectivity index is 1.37. The number of rotatable bonds is 4. The van der Waals surface area contributed by atoms with E-state index in [1.807, 2.05) is 23.1 Å². The van der Waals surface area contributed by atoms with Gasteiger partial charge in [0.1, 0.15) is 11.5 Å². The Labute approximate surface area is 186 Å². The van der Waals surface area contributed by atoms with Crippen molar-refractivity contribution in [3.63, 3.8) is 0 Å². The van der Waals surface area contributed by atoms with E-state index in [2.05, 4.69) is 9.72 Å². The van der Waals surface area contributed by atoms with Gasteiger partial charge in [-0.25, -0.2) is 4.90 Å². The van der Waals surface area contributed by atoms with E-state index in [1.165, 1.54) is 12.1 Å². The number of ether oxygens (including phenoxy) is 2. The summed E-state index contributed by atoms with van der Waals surface area (Å²) in [5, 5.41) is 1.07. The van der Waals surface area contributed by atoms with Crippen LogP contribution in [0.15, 0.2) is 42.5 Å². The van der Waals surface area contributed by atoms with E-state index in [4.69, 9.17) is 4.74 Å². The van der Waals surface area contributed by atoms with Gasteiger partial charge in [-0.3, -0.25) is 14.5 Å². The number of H-pyrrole nitrogens is 1. The van der Waals surface area contributed by atoms with E-state index in [-0.39, 0.29) is 12.1 Å². The number of benzene rings is 2. The van der Waals surface area contributed by atoms with Crippen molar-refractivity contribution in [2.45, 2.75) is 31.8 Å². The van der Waals surface area contributed by atoms with Gasteiger partial charge in [0, 0.05) is 35.8 Å². The highest BCUT2D eigenvalue weighted by molar-refractivity contribution is 6.22. The molecule has 5 rings (SSSR count). The molecular weight excluding hydrogens is 439 g/mol. The molecule has 172 valence electrons. The van der Waals surface area contributed by atoms with Crippen LogP contribution in [-0.4, -0.2) is 47.8 Å². The van der Waals surface area contributed by atoms with Gasteiger partial charge >= 0.3 is 6.36 Å². The fourth-order valence-electron chi connectivity index (χ4n) is 4.63. The predicted molar refractivity (Wildman–Crippen MR) is 113 cm³/mol. The Bertz CT molecular complexity index is 1250. The third-order valence-electron chi connectivity index (χ3n) is 6.08. The van der Waals surface area contributed by atoms with Crippen LogP contribution in [0, 0.1) is 0 Å². The highest BCUT2D eigenvalue weighted by Crippen LogP contribution is 2.34. The van der Waals surface area contributed by atoms with Crippen LogP contribution in [-0.2, 0) is 22.6 Å². The highest BCUT2D eigenvalue weighted by Gasteiger charge is 2.44. The van der Waals surface area contributed by atoms with Crippen molar-refractivity contribution in [3.05, 3.63) is 53.7 Å². The molecule has 2 aliphatic heterocycles. The lowest BCUT2D eigenvalue weighted by atomic mass is 10.0. The summed E-state index contributed by atoms with van der Waals surface area (Å²) < 4.78 is 46.9. The Morgan fingerprint density at radius 3 is 2.67 bits per heavy atom. The summed E-state index contributed by atoms with van der Waals surface area (Å²) in [6.07, 6.45) is -4.21. The van der Waals surface area contributed by atoms with Gasteiger partial charge in [-0.05, 0) is 42.3 Å². The van der Waals surface area contributed by atoms with E-state index in [0.717, 1.165) is 44.9 Å². The van der Waals surface area contributed by atoms with Crippen molar-refractivity contribution in [3.8, 4) is 11.5 Å². The lowest BCUT2D eigenvalue weighted by Gasteiger charge is -2.30. The first-order chi connectivity index (χ1) is 15.7. The molecule has 0 bridgehead atoms. The fourth-order valence-corrected chi connectivity index (χ4v) is 4.63. The number of methoxy groups -OCH3 is 1. The second-order valence-corrected chi connectivity index (χ2v) is 8.05. The van der Waals surface area contributed by atoms with E-state index < -0.39 is 30.0 Å². The molecule has 7 nitrogen and oxygen atoms in total. The second-order valence-electron chi connectivity index (χ2n) is 8.05. The van der Waals surface area contributed by atoms with Crippen molar-refractivity contribution in [1.29, 1.82) is 0 Å². The van der Waals surface area contributed by atoms with E-state index in [1.54, 1.807) is 7.11 Å². The van der Waals surface area contributed by atoms with Gasteiger partial charge in [0.15, 0.2) is 0 Å². The molecule has 10 heteroatoms. The maximum atomic E-state index is 13.2. The molecule has 0 unspecified atom stereocenters. The Morgan fingerprint density at radius 2 is 1.91 bits per heavy atom. The van der Waals surface area contributed by atoms with Crippen molar-refractivity contribution < 1.29 is 32.2 Å². The minimum atomic E-state index is -4.87. The smallest absolute Gasteiger partial charge is 0.497 e. The number of nitrogens with zero attached hydrogens (tertiary/aromatic N) is 2. The topological polar surface area (TPSA) is 74.9 Å². The minimum absolute atomic E-state index is 0.0351. The molecule has 0 aliphatic carbocycles. The second kappa shape index (κ2) is 7.80. The van der Waals surface area contributed by atoms with Gasteiger partial charge in [0.05, 0.1) is 25.3 Å². The van der Waals surface area contributed by atoms with Gasteiger partial charge in [-0.2, -0.15) is 0 Å². The molecule has 33 heavy (non-hydrogen) atoms. The van der Waals surface area contributed by atoms with Crippen LogP contribution in [0.25, 0.3) is 10.9 Å². The summed E-state index contributed by atoms with van der Waals surface area (Å²) in [5.41, 5.74) is 3.17. The number of carbonyl (C=O) groups excluding carboxylic acids is 2. The van der Waals surface area contributed by atoms with Crippen LogP contribution in [0.5, 0.6) is 11.5 Å². The maximum absolute atomic E-state index is 13.2. The quantitative estimate of drug-likeness (QED) is 0.602. The first-order valence-electron chi connectivity index (χ1n) is 10.4. The van der Waals surface area contributed by atoms with Gasteiger partial charge in [-0.15, -0.1) is 13.2 Å². The molecule has 0 saturated carbocycles. The van der Waals surface area contributed by atoms with Crippen LogP contribution in [0.4, 0.5) is 18.9 Å². The summed E-state index contributed by atoms with van der Waals surface area (Å²) in [6, 6.07) is 10.0. The summed E-state index contributed by atoms with van der Waals surface area (Å²) in [4.78, 5) is 32.1. The normalized spacial score (nSPS) is 19.3. The molecule has 0 spiro atoms. The average molecular weight is 459 g/mol. The molecule has 3 heterocycles. The number of anilines is 1. The number of imide groups is 1. The van der Waals surface area contributed by atoms with Gasteiger partial charge in [0.2, 0.25) is 5.91 Å². The van der Waals surface area contributed by atoms with Crippen molar-refractivity contribution in [2.24, 2.45) is 0 Å². The van der Waals surface area contributed by atoms with E-state index in [9.17, 15) is 22.8 Å². The first kappa shape index (κ1) is 21.3. The SMILES string of the molecule is COc1ccc2[nH]c3c(c2c1)CCN([C@@H]1CC(=O)N(c2cccc(OC(F)(F)F)c2)C1=O)C3. The Hall–Kier alpha value is -3.53. The number of nitrogens with one attached hydrogen (secondary N) is 1. The molecule has 3 aromatic rings. The zero-order chi connectivity index (χ0) is 23.3. The summed E-state index contributed by atoms with van der Waals surface area (Å²) in [7, 11) is 1.61. The fraction of sp³-hybridized carbons (Fsp3) is 0.304. The molecule has 2 amide bonds. The summed E-state index contributed by atoms with van der Waals surface area (Å²) in [5.74, 6) is -0.637. The summed E-state index contributed by atoms with van der Waals surface area (Å²) in [6.45, 7) is 1.03. The number of hydrogen-bond acceptors (Lipinski definition) is 5. The standard InChI is InChI=1S/C23H20F3N3O4/c1-32-14-5-6-18-17(10-14)16-7-8-28(12-19(16)27-18)20-11-21(30)29(22(20)31)13-3-2-4-15(9-13)33-23(24,25)26/h2-6,9-10,20,27H,7-8,11-12H2,1H3/t20-/m1/s1. The predicted octanol–water partition coefficient (Wildman–Crippen LogP) is 3.77. The molecule has 1 atom stereocenters. The Morgan fingerprint density at radius 1 is 1.09 bits per heavy atom. The average Bonchev–Trinajstić information content (AvgIpc) is 3.28. The zero-order valence-electron chi connectivity index (χ0n) is 17.6. The van der Waals surface area contributed by atoms with Crippen LogP contribution >= 0.6 is 0 Å². The number of halogens is 3. The van der Waals surface area contributed by atoms with Crippen molar-refractivity contribution in [1.82, 2.24) is 9.88 Å². The van der Waals surface area contributed by atoms with Crippen LogP contribution in [0.2, 0.25) is 0 Å². The summed E-state index contributed by atoms with van der Waals surface area (Å²) >= 11 is 0. The Kier molecular flexibility index (Phi) is 5.04. The number of fused-ring (bicyclic) bond motifs is 3. The van der Waals surface area contributed by atoms with E-state index >= 15 is 0 Å². The molecule has 2 aromatic carbocycles. The first-order valence-corrected chi connectivity index (χ1v) is 10.4. The van der Waals surface area contributed by atoms with Crippen LogP contribution < -0.4 is 14.4 Å². The number of carbonyl (C=O) groups is 2. The molecule has 2 aliphatic rings. The number of aromatic amines is 1. The number of hydrogen-bond donors (Lipinski definition) is 1. The number of aromatic nitrogens is 1. The maximum Gasteiger partial charge on any atom is 0.573 e. The van der Waals surface area contributed by atoms with Gasteiger partial charge < -0.3 is 14.5 Å². The minimum Gasteiger partial charge on any atom is -0.497 e. The lowest BCUT2D eigenvalue weighted by Crippen LogP contribution is -2.44. The van der Waals surface area contributed by atoms with E-state index in [0.29, 0.717) is 19.5 Å². The van der Waals surface area contributed by atoms with Crippen LogP contribution in [0.3, 0.4) is 0 Å². The van der Waals surface area contributed by atoms with Crippen molar-refractivity contribution in [2.75, 3.05) is 18.6 Å². The zero-order valence-corrected chi connectivity index (χ0v) is 17.6. The van der Waals surface area contributed by atoms with Crippen molar-refractivity contribution >= 4 is 28.4 Å². The van der Waals surface area contributed by atoms with Crippen LogP contribution in [0.1, 0.15) is 17.7 Å². The molecular formula is C23H20F3N3O4. The highest BCUT2D eigenvalue weighted by atomic mass is 19.4.